The molecule has 0 atom stereocenters. The smallest absolute Gasteiger partial charge is 0.283 e. The van der Waals surface area contributed by atoms with Crippen molar-refractivity contribution in [2.75, 3.05) is 0 Å². The van der Waals surface area contributed by atoms with Gasteiger partial charge in [-0.2, -0.15) is 0 Å². The summed E-state index contributed by atoms with van der Waals surface area (Å²) in [5.74, 6) is -1.13. The standard InChI is InChI=1S/C5H9NO2/c1-2-3-4(7)5(6)8/h3,7H,2H2,1H3,(H2,6,8). The number of aliphatic hydroxyl groups is 1. The van der Waals surface area contributed by atoms with Crippen LogP contribution in [0, 0.1) is 0 Å². The van der Waals surface area contributed by atoms with E-state index in [9.17, 15) is 4.79 Å². The highest BCUT2D eigenvalue weighted by Crippen LogP contribution is 1.87. The van der Waals surface area contributed by atoms with E-state index in [1.807, 2.05) is 0 Å². The summed E-state index contributed by atoms with van der Waals surface area (Å²) in [6.07, 6.45) is 1.98. The molecule has 1 amide bonds. The number of aliphatic hydroxyl groups excluding tert-OH is 1. The van der Waals surface area contributed by atoms with Gasteiger partial charge in [-0.05, 0) is 12.5 Å². The number of nitrogens with two attached hydrogens (primary N) is 1. The maximum atomic E-state index is 9.99. The Kier molecular flexibility index (Phi) is 2.69. The molecule has 0 aliphatic rings. The Morgan fingerprint density at radius 1 is 1.88 bits per heavy atom. The number of rotatable bonds is 2. The second kappa shape index (κ2) is 3.07. The molecule has 0 aliphatic carbocycles. The van der Waals surface area contributed by atoms with Crippen LogP contribution in [0.4, 0.5) is 0 Å². The van der Waals surface area contributed by atoms with E-state index in [4.69, 9.17) is 5.11 Å². The average Bonchev–Trinajstić information content (AvgIpc) is 1.67. The fraction of sp³-hybridized carbons (Fsp3) is 0.400. The lowest BCUT2D eigenvalue weighted by Gasteiger charge is -1.87. The molecule has 3 nitrogen and oxygen atoms in total. The van der Waals surface area contributed by atoms with Crippen molar-refractivity contribution in [3.05, 3.63) is 11.8 Å². The molecule has 0 radical (unpaired) electrons. The third-order valence-corrected chi connectivity index (χ3v) is 0.650. The Labute approximate surface area is 47.8 Å². The lowest BCUT2D eigenvalue weighted by Crippen LogP contribution is -2.12. The van der Waals surface area contributed by atoms with Crippen molar-refractivity contribution in [3.8, 4) is 0 Å². The Morgan fingerprint density at radius 3 is 2.50 bits per heavy atom. The van der Waals surface area contributed by atoms with Crippen LogP contribution in [0.5, 0.6) is 0 Å². The summed E-state index contributed by atoms with van der Waals surface area (Å²) in [6.45, 7) is 1.80. The first kappa shape index (κ1) is 7.01. The molecule has 0 aromatic rings. The molecule has 0 fully saturated rings. The second-order valence-electron chi connectivity index (χ2n) is 1.36. The number of hydrogen-bond acceptors (Lipinski definition) is 2. The highest BCUT2D eigenvalue weighted by molar-refractivity contribution is 5.89. The molecule has 3 heteroatoms. The molecule has 0 saturated carbocycles. The number of carbonyl (C=O) groups is 1. The lowest BCUT2D eigenvalue weighted by molar-refractivity contribution is -0.116. The number of carbonyl (C=O) groups excluding carboxylic acids is 1. The Morgan fingerprint density at radius 2 is 2.38 bits per heavy atom. The van der Waals surface area contributed by atoms with Gasteiger partial charge in [0.15, 0.2) is 5.76 Å². The SMILES string of the molecule is CCC=C(O)C(N)=O. The van der Waals surface area contributed by atoms with Crippen molar-refractivity contribution < 1.29 is 9.90 Å². The predicted molar refractivity (Wildman–Crippen MR) is 30.2 cm³/mol. The average molecular weight is 115 g/mol. The van der Waals surface area contributed by atoms with E-state index in [2.05, 4.69) is 5.73 Å². The number of amides is 1. The van der Waals surface area contributed by atoms with E-state index in [1.54, 1.807) is 6.92 Å². The molecule has 0 rings (SSSR count). The molecule has 0 aliphatic heterocycles. The van der Waals surface area contributed by atoms with E-state index in [0.717, 1.165) is 0 Å². The minimum atomic E-state index is -0.771. The summed E-state index contributed by atoms with van der Waals surface area (Å²) >= 11 is 0. The van der Waals surface area contributed by atoms with Gasteiger partial charge in [-0.1, -0.05) is 6.92 Å². The Hall–Kier alpha value is -0.990. The van der Waals surface area contributed by atoms with Gasteiger partial charge in [0.2, 0.25) is 0 Å². The molecule has 0 spiro atoms. The van der Waals surface area contributed by atoms with E-state index >= 15 is 0 Å². The van der Waals surface area contributed by atoms with Gasteiger partial charge in [0.25, 0.3) is 5.91 Å². The zero-order valence-corrected chi connectivity index (χ0v) is 4.72. The summed E-state index contributed by atoms with van der Waals surface area (Å²) in [4.78, 5) is 9.99. The van der Waals surface area contributed by atoms with Crippen molar-refractivity contribution in [2.24, 2.45) is 5.73 Å². The first-order valence-corrected chi connectivity index (χ1v) is 2.37. The van der Waals surface area contributed by atoms with Gasteiger partial charge in [0.05, 0.1) is 0 Å². The maximum absolute atomic E-state index is 9.99. The van der Waals surface area contributed by atoms with Crippen LogP contribution in [-0.2, 0) is 4.79 Å². The molecule has 3 N–H and O–H groups in total. The van der Waals surface area contributed by atoms with E-state index in [1.165, 1.54) is 6.08 Å². The minimum absolute atomic E-state index is 0.354. The van der Waals surface area contributed by atoms with Crippen LogP contribution in [0.1, 0.15) is 13.3 Å². The van der Waals surface area contributed by atoms with E-state index < -0.39 is 5.91 Å². The summed E-state index contributed by atoms with van der Waals surface area (Å²) < 4.78 is 0. The van der Waals surface area contributed by atoms with Gasteiger partial charge in [-0.3, -0.25) is 4.79 Å². The quantitative estimate of drug-likeness (QED) is 0.402. The second-order valence-corrected chi connectivity index (χ2v) is 1.36. The summed E-state index contributed by atoms with van der Waals surface area (Å²) in [7, 11) is 0. The van der Waals surface area contributed by atoms with Crippen LogP contribution in [0.25, 0.3) is 0 Å². The van der Waals surface area contributed by atoms with Gasteiger partial charge >= 0.3 is 0 Å². The molecular weight excluding hydrogens is 106 g/mol. The molecule has 0 saturated heterocycles. The normalized spacial score (nSPS) is 11.4. The van der Waals surface area contributed by atoms with Gasteiger partial charge in [0, 0.05) is 0 Å². The van der Waals surface area contributed by atoms with Crippen molar-refractivity contribution in [2.45, 2.75) is 13.3 Å². The minimum Gasteiger partial charge on any atom is -0.503 e. The molecule has 8 heavy (non-hydrogen) atoms. The number of hydrogen-bond donors (Lipinski definition) is 2. The molecule has 0 bridgehead atoms. The molecule has 0 aromatic heterocycles. The van der Waals surface area contributed by atoms with Gasteiger partial charge in [-0.15, -0.1) is 0 Å². The third-order valence-electron chi connectivity index (χ3n) is 0.650. The first-order valence-electron chi connectivity index (χ1n) is 2.37. The summed E-state index contributed by atoms with van der Waals surface area (Å²) in [5.41, 5.74) is 4.66. The van der Waals surface area contributed by atoms with Crippen molar-refractivity contribution >= 4 is 5.91 Å². The fourth-order valence-electron chi connectivity index (χ4n) is 0.294. The maximum Gasteiger partial charge on any atom is 0.283 e. The molecule has 0 unspecified atom stereocenters. The topological polar surface area (TPSA) is 63.3 Å². The van der Waals surface area contributed by atoms with Crippen LogP contribution in [0.2, 0.25) is 0 Å². The zero-order valence-electron chi connectivity index (χ0n) is 4.72. The van der Waals surface area contributed by atoms with Gasteiger partial charge in [0.1, 0.15) is 0 Å². The Balaban J connectivity index is 3.80. The van der Waals surface area contributed by atoms with Crippen LogP contribution in [-0.4, -0.2) is 11.0 Å². The molecular formula is C5H9NO2. The van der Waals surface area contributed by atoms with Crippen molar-refractivity contribution in [1.29, 1.82) is 0 Å². The zero-order chi connectivity index (χ0) is 6.57. The van der Waals surface area contributed by atoms with E-state index in [0.29, 0.717) is 6.42 Å². The first-order chi connectivity index (χ1) is 3.68. The molecule has 0 heterocycles. The van der Waals surface area contributed by atoms with Crippen molar-refractivity contribution in [1.82, 2.24) is 0 Å². The van der Waals surface area contributed by atoms with Crippen LogP contribution < -0.4 is 5.73 Å². The largest absolute Gasteiger partial charge is 0.503 e. The van der Waals surface area contributed by atoms with Crippen LogP contribution >= 0.6 is 0 Å². The number of primary amides is 1. The summed E-state index contributed by atoms with van der Waals surface area (Å²) in [6, 6.07) is 0. The molecule has 46 valence electrons. The lowest BCUT2D eigenvalue weighted by atomic mass is 10.4. The Bertz CT molecular complexity index is 118. The highest BCUT2D eigenvalue weighted by atomic mass is 16.3. The predicted octanol–water partition coefficient (Wildman–Crippen LogP) is 0.324. The van der Waals surface area contributed by atoms with Gasteiger partial charge < -0.3 is 10.8 Å². The third kappa shape index (κ3) is 2.23. The van der Waals surface area contributed by atoms with Crippen LogP contribution in [0.3, 0.4) is 0 Å². The monoisotopic (exact) mass is 115 g/mol. The van der Waals surface area contributed by atoms with E-state index in [-0.39, 0.29) is 5.76 Å². The van der Waals surface area contributed by atoms with Gasteiger partial charge in [-0.25, -0.2) is 0 Å². The fourth-order valence-corrected chi connectivity index (χ4v) is 0.294. The molecule has 0 aromatic carbocycles. The number of allylic oxidation sites excluding steroid dienone is 1. The van der Waals surface area contributed by atoms with Crippen LogP contribution in [0.15, 0.2) is 11.8 Å². The highest BCUT2D eigenvalue weighted by Gasteiger charge is 1.95. The van der Waals surface area contributed by atoms with Crippen molar-refractivity contribution in [3.63, 3.8) is 0 Å². The summed E-state index contributed by atoms with van der Waals surface area (Å²) in [5, 5.41) is 8.51.